The van der Waals surface area contributed by atoms with Crippen molar-refractivity contribution in [3.8, 4) is 39.1 Å². The molecule has 0 atom stereocenters. The van der Waals surface area contributed by atoms with Crippen molar-refractivity contribution in [1.82, 2.24) is 4.57 Å². The summed E-state index contributed by atoms with van der Waals surface area (Å²) in [6, 6.07) is 93.3. The molecule has 0 N–H and O–H groups in total. The van der Waals surface area contributed by atoms with Crippen molar-refractivity contribution in [2.45, 2.75) is 0 Å². The van der Waals surface area contributed by atoms with Crippen LogP contribution in [-0.2, 0) is 0 Å². The zero-order valence-corrected chi connectivity index (χ0v) is 36.8. The van der Waals surface area contributed by atoms with Crippen molar-refractivity contribution < 1.29 is 0 Å². The second-order valence-corrected chi connectivity index (χ2v) is 17.5. The van der Waals surface area contributed by atoms with Crippen molar-refractivity contribution in [3.05, 3.63) is 271 Å². The largest absolute Gasteiger partial charge is 0.309 e. The molecule has 1 heterocycles. The highest BCUT2D eigenvalue weighted by atomic mass is 15.0. The number of para-hydroxylation sites is 2. The van der Waals surface area contributed by atoms with Crippen LogP contribution in [0.4, 0.5) is 0 Å². The molecule has 13 aromatic rings. The topological polar surface area (TPSA) is 4.93 Å². The van der Waals surface area contributed by atoms with Gasteiger partial charge in [0.25, 0.3) is 0 Å². The number of nitrogens with zero attached hydrogens (tertiary/aromatic N) is 1. The lowest BCUT2D eigenvalue weighted by atomic mass is 9.81. The second-order valence-electron chi connectivity index (χ2n) is 17.5. The van der Waals surface area contributed by atoms with Crippen LogP contribution in [0.3, 0.4) is 0 Å². The molecule has 13 rings (SSSR count). The average molecular weight is 850 g/mol. The van der Waals surface area contributed by atoms with E-state index in [-0.39, 0.29) is 0 Å². The van der Waals surface area contributed by atoms with Crippen molar-refractivity contribution in [1.29, 1.82) is 0 Å². The summed E-state index contributed by atoms with van der Waals surface area (Å²) >= 11 is 0. The minimum atomic E-state index is 1.15. The fourth-order valence-electron chi connectivity index (χ4n) is 10.9. The van der Waals surface area contributed by atoms with Gasteiger partial charge in [-0.1, -0.05) is 231 Å². The Kier molecular flexibility index (Phi) is 9.25. The number of benzene rings is 12. The summed E-state index contributed by atoms with van der Waals surface area (Å²) in [7, 11) is 0. The maximum absolute atomic E-state index is 2.40. The Morgan fingerprint density at radius 3 is 0.925 bits per heavy atom. The quantitative estimate of drug-likeness (QED) is 0.111. The van der Waals surface area contributed by atoms with Crippen molar-refractivity contribution >= 4 is 76.5 Å². The van der Waals surface area contributed by atoms with E-state index in [1.165, 1.54) is 115 Å². The highest BCUT2D eigenvalue weighted by molar-refractivity contribution is 6.30. The SMILES string of the molecule is C(=C(c1ccccc1)c1ccccc1)c1ccc(-c2c3ccccc3c(-c3c4ccccc4c(-c4ccc(-n5c6ccccc6c6ccccc65)cc4)c4ccccc34)c3ccccc23)cc1. The van der Waals surface area contributed by atoms with Crippen molar-refractivity contribution in [2.24, 2.45) is 0 Å². The molecule has 12 aromatic carbocycles. The van der Waals surface area contributed by atoms with E-state index in [4.69, 9.17) is 0 Å². The molecule has 0 fully saturated rings. The number of rotatable bonds is 7. The highest BCUT2D eigenvalue weighted by Gasteiger charge is 2.23. The zero-order valence-electron chi connectivity index (χ0n) is 36.8. The van der Waals surface area contributed by atoms with Gasteiger partial charge in [-0.25, -0.2) is 0 Å². The Bertz CT molecular complexity index is 3830. The maximum atomic E-state index is 2.40. The third kappa shape index (κ3) is 6.39. The standard InChI is InChI=1S/C66H43N/c1-3-19-45(20-4-1)60(46-21-5-2-6-22-46)43-44-35-37-47(38-36-44)63-52-25-7-11-29-56(52)65(57-30-12-8-26-53(57)63)66-58-31-13-9-27-54(58)64(55-28-10-14-32-59(55)66)48-39-41-49(42-40-48)67-61-33-17-15-23-50(61)51-24-16-18-34-62(51)67/h1-43H. The molecule has 0 saturated heterocycles. The van der Waals surface area contributed by atoms with Crippen LogP contribution in [0.2, 0.25) is 0 Å². The van der Waals surface area contributed by atoms with Gasteiger partial charge in [-0.3, -0.25) is 0 Å². The molecule has 1 nitrogen and oxygen atoms in total. The Labute approximate surface area is 389 Å². The summed E-state index contributed by atoms with van der Waals surface area (Å²) in [4.78, 5) is 0. The van der Waals surface area contributed by atoms with E-state index in [1.807, 2.05) is 0 Å². The summed E-state index contributed by atoms with van der Waals surface area (Å²) in [6.07, 6.45) is 2.31. The van der Waals surface area contributed by atoms with E-state index < -0.39 is 0 Å². The molecule has 0 radical (unpaired) electrons. The fourth-order valence-corrected chi connectivity index (χ4v) is 10.9. The lowest BCUT2D eigenvalue weighted by Gasteiger charge is -2.22. The third-order valence-corrected chi connectivity index (χ3v) is 13.8. The Balaban J connectivity index is 0.988. The van der Waals surface area contributed by atoms with Crippen molar-refractivity contribution in [3.63, 3.8) is 0 Å². The van der Waals surface area contributed by atoms with E-state index in [9.17, 15) is 0 Å². The summed E-state index contributed by atoms with van der Waals surface area (Å²) in [5, 5.41) is 12.5. The van der Waals surface area contributed by atoms with E-state index in [0.717, 1.165) is 11.3 Å². The summed E-state index contributed by atoms with van der Waals surface area (Å²) in [5.41, 5.74) is 15.8. The minimum absolute atomic E-state index is 1.15. The van der Waals surface area contributed by atoms with Crippen LogP contribution in [0.15, 0.2) is 255 Å². The van der Waals surface area contributed by atoms with Gasteiger partial charge in [0, 0.05) is 16.5 Å². The molecule has 0 aliphatic rings. The molecule has 1 aromatic heterocycles. The monoisotopic (exact) mass is 849 g/mol. The van der Waals surface area contributed by atoms with Crippen LogP contribution >= 0.6 is 0 Å². The number of hydrogen-bond donors (Lipinski definition) is 0. The predicted molar refractivity (Wildman–Crippen MR) is 287 cm³/mol. The van der Waals surface area contributed by atoms with Gasteiger partial charge in [0.15, 0.2) is 0 Å². The average Bonchev–Trinajstić information content (AvgIpc) is 3.74. The third-order valence-electron chi connectivity index (χ3n) is 13.8. The second kappa shape index (κ2) is 16.0. The summed E-state index contributed by atoms with van der Waals surface area (Å²) in [6.45, 7) is 0. The molecular formula is C66H43N. The minimum Gasteiger partial charge on any atom is -0.309 e. The van der Waals surface area contributed by atoms with Gasteiger partial charge in [-0.05, 0) is 129 Å². The van der Waals surface area contributed by atoms with Gasteiger partial charge in [-0.15, -0.1) is 0 Å². The van der Waals surface area contributed by atoms with Crippen molar-refractivity contribution in [2.75, 3.05) is 0 Å². The summed E-state index contributed by atoms with van der Waals surface area (Å²) < 4.78 is 2.40. The van der Waals surface area contributed by atoms with Gasteiger partial charge in [0.05, 0.1) is 11.0 Å². The number of fused-ring (bicyclic) bond motifs is 7. The molecular weight excluding hydrogens is 807 g/mol. The Morgan fingerprint density at radius 2 is 0.552 bits per heavy atom. The first-order valence-corrected chi connectivity index (χ1v) is 23.2. The van der Waals surface area contributed by atoms with Gasteiger partial charge in [0.1, 0.15) is 0 Å². The van der Waals surface area contributed by atoms with Gasteiger partial charge < -0.3 is 4.57 Å². The molecule has 0 amide bonds. The van der Waals surface area contributed by atoms with Crippen LogP contribution in [0.1, 0.15) is 16.7 Å². The van der Waals surface area contributed by atoms with Crippen LogP contribution in [0.5, 0.6) is 0 Å². The first-order valence-electron chi connectivity index (χ1n) is 23.2. The molecule has 0 aliphatic heterocycles. The van der Waals surface area contributed by atoms with Gasteiger partial charge in [-0.2, -0.15) is 0 Å². The van der Waals surface area contributed by atoms with E-state index >= 15 is 0 Å². The molecule has 0 saturated carbocycles. The van der Waals surface area contributed by atoms with E-state index in [1.54, 1.807) is 0 Å². The molecule has 0 bridgehead atoms. The maximum Gasteiger partial charge on any atom is 0.0541 e. The van der Waals surface area contributed by atoms with E-state index in [0.29, 0.717) is 0 Å². The number of aromatic nitrogens is 1. The molecule has 0 spiro atoms. The lowest BCUT2D eigenvalue weighted by Crippen LogP contribution is -1.95. The van der Waals surface area contributed by atoms with E-state index in [2.05, 4.69) is 265 Å². The van der Waals surface area contributed by atoms with Crippen LogP contribution < -0.4 is 0 Å². The highest BCUT2D eigenvalue weighted by Crippen LogP contribution is 2.50. The van der Waals surface area contributed by atoms with Crippen LogP contribution in [0.25, 0.3) is 116 Å². The Hall–Kier alpha value is -8.78. The first-order chi connectivity index (χ1) is 33.3. The molecule has 0 unspecified atom stereocenters. The predicted octanol–water partition coefficient (Wildman–Crippen LogP) is 18.0. The van der Waals surface area contributed by atoms with Gasteiger partial charge >= 0.3 is 0 Å². The molecule has 312 valence electrons. The normalized spacial score (nSPS) is 11.6. The Morgan fingerprint density at radius 1 is 0.254 bits per heavy atom. The molecule has 1 heteroatoms. The number of hydrogen-bond acceptors (Lipinski definition) is 0. The lowest BCUT2D eigenvalue weighted by molar-refractivity contribution is 1.18. The van der Waals surface area contributed by atoms with Crippen LogP contribution in [-0.4, -0.2) is 4.57 Å². The fraction of sp³-hybridized carbons (Fsp3) is 0. The smallest absolute Gasteiger partial charge is 0.0541 e. The first kappa shape index (κ1) is 38.7. The van der Waals surface area contributed by atoms with Crippen LogP contribution in [0, 0.1) is 0 Å². The van der Waals surface area contributed by atoms with Gasteiger partial charge in [0.2, 0.25) is 0 Å². The summed E-state index contributed by atoms with van der Waals surface area (Å²) in [5.74, 6) is 0. The zero-order chi connectivity index (χ0) is 44.3. The molecule has 67 heavy (non-hydrogen) atoms. The molecule has 0 aliphatic carbocycles.